The smallest absolute Gasteiger partial charge is 0.287 e. The molecule has 5 N–H and O–H groups in total. The number of rotatable bonds is 10. The van der Waals surface area contributed by atoms with Crippen molar-refractivity contribution in [1.82, 2.24) is 35.2 Å². The molecule has 266 valence electrons. The summed E-state index contributed by atoms with van der Waals surface area (Å²) < 4.78 is 6.91. The van der Waals surface area contributed by atoms with E-state index in [0.717, 1.165) is 32.1 Å². The van der Waals surface area contributed by atoms with Crippen LogP contribution in [0.15, 0.2) is 35.7 Å². The number of ether oxygens (including phenoxy) is 1. The fraction of sp³-hybridized carbons (Fsp3) is 0.559. The highest BCUT2D eigenvalue weighted by molar-refractivity contribution is 6.41. The van der Waals surface area contributed by atoms with Crippen LogP contribution in [-0.4, -0.2) is 101 Å². The molecule has 3 aromatic rings. The number of aromatic amines is 1. The molecule has 16 heteroatoms. The van der Waals surface area contributed by atoms with Gasteiger partial charge in [0.1, 0.15) is 22.9 Å². The van der Waals surface area contributed by atoms with E-state index < -0.39 is 52.6 Å². The summed E-state index contributed by atoms with van der Waals surface area (Å²) >= 11 is 0. The molecule has 50 heavy (non-hydrogen) atoms. The van der Waals surface area contributed by atoms with Gasteiger partial charge in [0.25, 0.3) is 17.7 Å². The number of hydrogen-bond acceptors (Lipinski definition) is 10. The Hall–Kier alpha value is -4.83. The van der Waals surface area contributed by atoms with E-state index >= 15 is 0 Å². The summed E-state index contributed by atoms with van der Waals surface area (Å²) in [5.74, 6) is -3.88. The Morgan fingerprint density at radius 2 is 1.88 bits per heavy atom. The van der Waals surface area contributed by atoms with Gasteiger partial charge in [0.05, 0.1) is 35.3 Å². The summed E-state index contributed by atoms with van der Waals surface area (Å²) in [7, 11) is 0. The van der Waals surface area contributed by atoms with E-state index in [2.05, 4.69) is 30.6 Å². The van der Waals surface area contributed by atoms with E-state index in [0.29, 0.717) is 16.7 Å². The summed E-state index contributed by atoms with van der Waals surface area (Å²) in [6, 6.07) is 3.17. The normalized spacial score (nSPS) is 21.7. The number of nitrogens with two attached hydrogens (primary N) is 1. The fourth-order valence-electron chi connectivity index (χ4n) is 7.37. The lowest BCUT2D eigenvalue weighted by atomic mass is 9.84. The van der Waals surface area contributed by atoms with Gasteiger partial charge in [-0.15, -0.1) is 5.10 Å². The molecule has 16 nitrogen and oxygen atoms in total. The number of benzene rings is 1. The number of aliphatic imine (C=N–C) groups is 1. The van der Waals surface area contributed by atoms with E-state index in [9.17, 15) is 29.1 Å². The lowest BCUT2D eigenvalue weighted by Gasteiger charge is -2.37. The van der Waals surface area contributed by atoms with E-state index in [1.54, 1.807) is 32.0 Å². The molecule has 0 spiro atoms. The number of nitrogens with one attached hydrogen (secondary N) is 2. The van der Waals surface area contributed by atoms with Crippen molar-refractivity contribution in [2.45, 2.75) is 94.9 Å². The third-order valence-electron chi connectivity index (χ3n) is 10.1. The van der Waals surface area contributed by atoms with E-state index in [4.69, 9.17) is 10.5 Å². The van der Waals surface area contributed by atoms with Crippen LogP contribution in [0.5, 0.6) is 0 Å². The van der Waals surface area contributed by atoms with Crippen LogP contribution >= 0.6 is 0 Å². The highest BCUT2D eigenvalue weighted by atomic mass is 16.5. The van der Waals surface area contributed by atoms with Crippen molar-refractivity contribution in [2.75, 3.05) is 19.8 Å². The molecule has 0 radical (unpaired) electrons. The molecule has 0 unspecified atom stereocenters. The fourth-order valence-corrected chi connectivity index (χ4v) is 7.37. The lowest BCUT2D eigenvalue weighted by Crippen LogP contribution is -2.63. The first-order valence-corrected chi connectivity index (χ1v) is 17.1. The number of hydrogen-bond donors (Lipinski definition) is 4. The van der Waals surface area contributed by atoms with Gasteiger partial charge in [0.15, 0.2) is 0 Å². The molecule has 3 aliphatic rings. The minimum absolute atomic E-state index is 0.0266. The van der Waals surface area contributed by atoms with Crippen LogP contribution in [0.25, 0.3) is 11.0 Å². The molecule has 0 bridgehead atoms. The number of aliphatic hydroxyl groups is 1. The van der Waals surface area contributed by atoms with Gasteiger partial charge in [-0.2, -0.15) is 0 Å². The maximum absolute atomic E-state index is 14.7. The van der Waals surface area contributed by atoms with Crippen LogP contribution in [0.4, 0.5) is 0 Å². The Balaban J connectivity index is 1.36. The van der Waals surface area contributed by atoms with Gasteiger partial charge in [0.2, 0.25) is 11.7 Å². The van der Waals surface area contributed by atoms with Gasteiger partial charge in [-0.25, -0.2) is 14.7 Å². The molecular formula is C34H43N9O7. The van der Waals surface area contributed by atoms with Crippen molar-refractivity contribution >= 4 is 46.2 Å². The first-order valence-electron chi connectivity index (χ1n) is 17.1. The molecule has 1 aliphatic carbocycles. The number of nitrogens with zero attached hydrogens (tertiary/aromatic N) is 6. The SMILES string of the molecule is CC(C)(O)c1cnnn1[C@H]1C[C@@H](C(=O)NC2(C(=O)C(N)=O)CCOCC2)N(C(=O)C(CC2CCCCC2)=NC(=O)c2ccc3nc[nH]c3c2)C1. The van der Waals surface area contributed by atoms with Gasteiger partial charge in [-0.1, -0.05) is 37.3 Å². The number of fused-ring (bicyclic) bond motifs is 1. The zero-order valence-electron chi connectivity index (χ0n) is 28.3. The number of carbonyl (C=O) groups is 5. The number of carbonyl (C=O) groups excluding carboxylic acids is 5. The molecule has 2 aliphatic heterocycles. The lowest BCUT2D eigenvalue weighted by molar-refractivity contribution is -0.146. The number of ketones is 1. The predicted molar refractivity (Wildman–Crippen MR) is 179 cm³/mol. The van der Waals surface area contributed by atoms with E-state index in [-0.39, 0.29) is 62.6 Å². The average Bonchev–Trinajstić information content (AvgIpc) is 3.87. The molecule has 4 heterocycles. The zero-order chi connectivity index (χ0) is 35.6. The van der Waals surface area contributed by atoms with E-state index in [1.165, 1.54) is 22.1 Å². The molecule has 2 saturated heterocycles. The Morgan fingerprint density at radius 3 is 2.58 bits per heavy atom. The standard InChI is InChI=1S/C34H43N9O7/c1-33(2,49)27-17-38-41-43(27)22-16-26(31(47)40-34(28(44)29(35)45)10-12-50-13-11-34)42(18-22)32(48)25(14-20-6-4-3-5-7-20)39-30(46)21-8-9-23-24(15-21)37-19-36-23/h8-9,15,17,19-20,22,26,49H,3-7,10-14,16,18H2,1-2H3,(H2,35,45)(H,36,37)(H,40,47)/t22-,26-/m0/s1. The van der Waals surface area contributed by atoms with Crippen molar-refractivity contribution in [1.29, 1.82) is 0 Å². The molecule has 1 aromatic carbocycles. The second kappa shape index (κ2) is 14.2. The molecule has 3 fully saturated rings. The molecule has 1 saturated carbocycles. The second-order valence-electron chi connectivity index (χ2n) is 14.1. The summed E-state index contributed by atoms with van der Waals surface area (Å²) in [6.45, 7) is 3.37. The Labute approximate surface area is 288 Å². The molecule has 4 amide bonds. The van der Waals surface area contributed by atoms with Gasteiger partial charge in [0, 0.05) is 44.6 Å². The van der Waals surface area contributed by atoms with E-state index in [1.807, 2.05) is 0 Å². The minimum Gasteiger partial charge on any atom is -0.384 e. The summed E-state index contributed by atoms with van der Waals surface area (Å²) in [5.41, 5.74) is 4.47. The minimum atomic E-state index is -1.60. The van der Waals surface area contributed by atoms with Crippen LogP contribution in [0.1, 0.15) is 93.7 Å². The Bertz CT molecular complexity index is 1810. The summed E-state index contributed by atoms with van der Waals surface area (Å²) in [5, 5.41) is 21.8. The topological polar surface area (TPSA) is 228 Å². The summed E-state index contributed by atoms with van der Waals surface area (Å²) in [6.07, 6.45) is 8.13. The van der Waals surface area contributed by atoms with Crippen LogP contribution in [0.2, 0.25) is 0 Å². The average molecular weight is 690 g/mol. The van der Waals surface area contributed by atoms with Crippen LogP contribution in [-0.2, 0) is 29.5 Å². The molecular weight excluding hydrogens is 646 g/mol. The third-order valence-corrected chi connectivity index (χ3v) is 10.1. The zero-order valence-corrected chi connectivity index (χ0v) is 28.3. The van der Waals surface area contributed by atoms with Crippen LogP contribution in [0.3, 0.4) is 0 Å². The van der Waals surface area contributed by atoms with Crippen molar-refractivity contribution in [3.8, 4) is 0 Å². The summed E-state index contributed by atoms with van der Waals surface area (Å²) in [4.78, 5) is 80.7. The number of amides is 4. The number of Topliss-reactive ketones (excluding diaryl/α,β-unsaturated/α-hetero) is 1. The monoisotopic (exact) mass is 689 g/mol. The number of imidazole rings is 1. The van der Waals surface area contributed by atoms with Gasteiger partial charge < -0.3 is 30.8 Å². The van der Waals surface area contributed by atoms with Crippen molar-refractivity contribution in [3.05, 3.63) is 42.0 Å². The highest BCUT2D eigenvalue weighted by Gasteiger charge is 2.49. The maximum atomic E-state index is 14.7. The second-order valence-corrected chi connectivity index (χ2v) is 14.1. The van der Waals surface area contributed by atoms with Crippen LogP contribution < -0.4 is 11.1 Å². The Morgan fingerprint density at radius 1 is 1.14 bits per heavy atom. The Kier molecular flexibility index (Phi) is 9.94. The van der Waals surface area contributed by atoms with Crippen molar-refractivity contribution < 1.29 is 33.8 Å². The van der Waals surface area contributed by atoms with Gasteiger partial charge in [-0.3, -0.25) is 24.0 Å². The molecule has 2 atom stereocenters. The largest absolute Gasteiger partial charge is 0.384 e. The first-order chi connectivity index (χ1) is 23.9. The van der Waals surface area contributed by atoms with Crippen molar-refractivity contribution in [2.24, 2.45) is 16.6 Å². The molecule has 6 rings (SSSR count). The highest BCUT2D eigenvalue weighted by Crippen LogP contribution is 2.34. The van der Waals surface area contributed by atoms with Gasteiger partial charge in [-0.05, 0) is 44.4 Å². The number of aromatic nitrogens is 5. The predicted octanol–water partition coefficient (Wildman–Crippen LogP) is 1.50. The number of likely N-dealkylation sites (tertiary alicyclic amines) is 1. The third kappa shape index (κ3) is 7.21. The number of H-pyrrole nitrogens is 1. The van der Waals surface area contributed by atoms with Gasteiger partial charge >= 0.3 is 0 Å². The number of primary amides is 1. The van der Waals surface area contributed by atoms with Crippen molar-refractivity contribution in [3.63, 3.8) is 0 Å². The molecule has 2 aromatic heterocycles. The maximum Gasteiger partial charge on any atom is 0.287 e. The first kappa shape index (κ1) is 35.0. The van der Waals surface area contributed by atoms with Crippen LogP contribution in [0, 0.1) is 5.92 Å². The quantitative estimate of drug-likeness (QED) is 0.177.